The molecule has 0 aliphatic heterocycles. The molecule has 4 nitrogen and oxygen atoms in total. The van der Waals surface area contributed by atoms with Gasteiger partial charge in [-0.15, -0.1) is 0 Å². The topological polar surface area (TPSA) is 58.6 Å². The normalized spacial score (nSPS) is 11.1. The number of ether oxygens (including phenoxy) is 1. The number of aliphatic hydroxyl groups is 1. The van der Waals surface area contributed by atoms with E-state index in [-0.39, 0.29) is 18.1 Å². The lowest BCUT2D eigenvalue weighted by molar-refractivity contribution is 0.145. The zero-order valence-corrected chi connectivity index (χ0v) is 9.30. The van der Waals surface area contributed by atoms with Gasteiger partial charge >= 0.3 is 6.09 Å². The first-order valence-corrected chi connectivity index (χ1v) is 5.03. The molecule has 14 heavy (non-hydrogen) atoms. The summed E-state index contributed by atoms with van der Waals surface area (Å²) in [5.41, 5.74) is 0.00942. The molecule has 0 atom stereocenters. The van der Waals surface area contributed by atoms with Crippen molar-refractivity contribution in [1.82, 2.24) is 5.32 Å². The molecule has 0 fully saturated rings. The molecule has 0 aromatic carbocycles. The highest BCUT2D eigenvalue weighted by Crippen LogP contribution is 2.20. The fraction of sp³-hybridized carbons (Fsp3) is 0.900. The predicted octanol–water partition coefficient (Wildman–Crippen LogP) is 1.53. The number of amides is 1. The van der Waals surface area contributed by atoms with Crippen molar-refractivity contribution >= 4 is 6.09 Å². The zero-order valence-electron chi connectivity index (χ0n) is 9.30. The minimum absolute atomic E-state index is 0.00942. The Kier molecular flexibility index (Phi) is 6.28. The standard InChI is InChI=1S/C10H21NO3/c1-4-14-9(13)11-8-10(2,3)6-5-7-12/h12H,4-8H2,1-3H3,(H,11,13). The highest BCUT2D eigenvalue weighted by atomic mass is 16.5. The molecular formula is C10H21NO3. The van der Waals surface area contributed by atoms with Gasteiger partial charge in [0.05, 0.1) is 6.61 Å². The molecule has 0 aliphatic carbocycles. The van der Waals surface area contributed by atoms with Crippen molar-refractivity contribution in [1.29, 1.82) is 0 Å². The van der Waals surface area contributed by atoms with Crippen LogP contribution >= 0.6 is 0 Å². The molecule has 0 bridgehead atoms. The third kappa shape index (κ3) is 6.71. The van der Waals surface area contributed by atoms with E-state index in [1.165, 1.54) is 0 Å². The predicted molar refractivity (Wildman–Crippen MR) is 55.1 cm³/mol. The lowest BCUT2D eigenvalue weighted by atomic mass is 9.88. The van der Waals surface area contributed by atoms with E-state index >= 15 is 0 Å². The van der Waals surface area contributed by atoms with E-state index in [1.807, 2.05) is 0 Å². The number of nitrogens with one attached hydrogen (secondary N) is 1. The number of carbonyl (C=O) groups excluding carboxylic acids is 1. The number of aliphatic hydroxyl groups excluding tert-OH is 1. The Bertz CT molecular complexity index is 169. The van der Waals surface area contributed by atoms with Gasteiger partial charge in [0.25, 0.3) is 0 Å². The molecule has 0 aromatic heterocycles. The Balaban J connectivity index is 3.68. The molecule has 0 spiro atoms. The first-order chi connectivity index (χ1) is 6.52. The molecule has 0 aromatic rings. The van der Waals surface area contributed by atoms with Gasteiger partial charge in [-0.1, -0.05) is 13.8 Å². The molecule has 0 saturated carbocycles. The molecule has 1 amide bonds. The largest absolute Gasteiger partial charge is 0.450 e. The van der Waals surface area contributed by atoms with Crippen molar-refractivity contribution in [3.05, 3.63) is 0 Å². The van der Waals surface area contributed by atoms with Crippen LogP contribution in [0.4, 0.5) is 4.79 Å². The lowest BCUT2D eigenvalue weighted by Crippen LogP contribution is -2.34. The third-order valence-electron chi connectivity index (χ3n) is 2.00. The van der Waals surface area contributed by atoms with Crippen molar-refractivity contribution < 1.29 is 14.6 Å². The van der Waals surface area contributed by atoms with Gasteiger partial charge in [-0.3, -0.25) is 0 Å². The number of hydrogen-bond acceptors (Lipinski definition) is 3. The molecule has 0 saturated heterocycles. The average Bonchev–Trinajstić information content (AvgIpc) is 2.13. The van der Waals surface area contributed by atoms with Crippen molar-refractivity contribution in [2.24, 2.45) is 5.41 Å². The van der Waals surface area contributed by atoms with Gasteiger partial charge in [-0.2, -0.15) is 0 Å². The van der Waals surface area contributed by atoms with Crippen molar-refractivity contribution in [3.8, 4) is 0 Å². The second-order valence-electron chi connectivity index (χ2n) is 4.07. The van der Waals surface area contributed by atoms with Crippen molar-refractivity contribution in [2.45, 2.75) is 33.6 Å². The van der Waals surface area contributed by atoms with Crippen LogP contribution in [0.2, 0.25) is 0 Å². The van der Waals surface area contributed by atoms with Gasteiger partial charge in [0, 0.05) is 13.2 Å². The van der Waals surface area contributed by atoms with Gasteiger partial charge in [0.2, 0.25) is 0 Å². The van der Waals surface area contributed by atoms with E-state index in [9.17, 15) is 4.79 Å². The summed E-state index contributed by atoms with van der Waals surface area (Å²) in [6.45, 7) is 7.04. The average molecular weight is 203 g/mol. The van der Waals surface area contributed by atoms with Crippen LogP contribution in [0.15, 0.2) is 0 Å². The molecule has 0 radical (unpaired) electrons. The second kappa shape index (κ2) is 6.65. The second-order valence-corrected chi connectivity index (χ2v) is 4.07. The first kappa shape index (κ1) is 13.2. The van der Waals surface area contributed by atoms with Crippen LogP contribution in [0.3, 0.4) is 0 Å². The van der Waals surface area contributed by atoms with Crippen LogP contribution in [0.25, 0.3) is 0 Å². The Morgan fingerprint density at radius 1 is 1.50 bits per heavy atom. The fourth-order valence-corrected chi connectivity index (χ4v) is 1.14. The maximum absolute atomic E-state index is 11.0. The van der Waals surface area contributed by atoms with Crippen LogP contribution < -0.4 is 5.32 Å². The summed E-state index contributed by atoms with van der Waals surface area (Å²) in [6, 6.07) is 0. The fourth-order valence-electron chi connectivity index (χ4n) is 1.14. The molecular weight excluding hydrogens is 182 g/mol. The zero-order chi connectivity index (χ0) is 11.0. The van der Waals surface area contributed by atoms with E-state index in [2.05, 4.69) is 19.2 Å². The van der Waals surface area contributed by atoms with E-state index in [4.69, 9.17) is 9.84 Å². The minimum Gasteiger partial charge on any atom is -0.450 e. The highest BCUT2D eigenvalue weighted by Gasteiger charge is 2.18. The van der Waals surface area contributed by atoms with Crippen LogP contribution in [0.1, 0.15) is 33.6 Å². The SMILES string of the molecule is CCOC(=O)NCC(C)(C)CCCO. The van der Waals surface area contributed by atoms with Gasteiger partial charge in [-0.05, 0) is 25.2 Å². The molecule has 0 aliphatic rings. The summed E-state index contributed by atoms with van der Waals surface area (Å²) in [5.74, 6) is 0. The first-order valence-electron chi connectivity index (χ1n) is 5.03. The third-order valence-corrected chi connectivity index (χ3v) is 2.00. The number of rotatable bonds is 6. The van der Waals surface area contributed by atoms with E-state index < -0.39 is 0 Å². The Labute approximate surface area is 85.6 Å². The Morgan fingerprint density at radius 2 is 2.14 bits per heavy atom. The summed E-state index contributed by atoms with van der Waals surface area (Å²) in [5, 5.41) is 11.4. The van der Waals surface area contributed by atoms with Gasteiger partial charge in [0.1, 0.15) is 0 Å². The van der Waals surface area contributed by atoms with Crippen LogP contribution in [0.5, 0.6) is 0 Å². The van der Waals surface area contributed by atoms with E-state index in [0.717, 1.165) is 12.8 Å². The quantitative estimate of drug-likeness (QED) is 0.688. The minimum atomic E-state index is -0.371. The summed E-state index contributed by atoms with van der Waals surface area (Å²) in [6.07, 6.45) is 1.28. The van der Waals surface area contributed by atoms with Gasteiger partial charge < -0.3 is 15.2 Å². The molecule has 0 heterocycles. The lowest BCUT2D eigenvalue weighted by Gasteiger charge is -2.24. The molecule has 2 N–H and O–H groups in total. The number of carbonyl (C=O) groups is 1. The Morgan fingerprint density at radius 3 is 2.64 bits per heavy atom. The molecule has 0 unspecified atom stereocenters. The monoisotopic (exact) mass is 203 g/mol. The Hall–Kier alpha value is -0.770. The smallest absolute Gasteiger partial charge is 0.407 e. The van der Waals surface area contributed by atoms with Crippen LogP contribution in [-0.4, -0.2) is 31.0 Å². The number of alkyl carbamates (subject to hydrolysis) is 1. The van der Waals surface area contributed by atoms with Gasteiger partial charge in [-0.25, -0.2) is 4.79 Å². The van der Waals surface area contributed by atoms with Crippen molar-refractivity contribution in [2.75, 3.05) is 19.8 Å². The number of hydrogen-bond donors (Lipinski definition) is 2. The summed E-state index contributed by atoms with van der Waals surface area (Å²) >= 11 is 0. The summed E-state index contributed by atoms with van der Waals surface area (Å²) in [7, 11) is 0. The van der Waals surface area contributed by atoms with Gasteiger partial charge in [0.15, 0.2) is 0 Å². The highest BCUT2D eigenvalue weighted by molar-refractivity contribution is 5.67. The van der Waals surface area contributed by atoms with E-state index in [1.54, 1.807) is 6.92 Å². The maximum Gasteiger partial charge on any atom is 0.407 e. The summed E-state index contributed by atoms with van der Waals surface area (Å²) < 4.78 is 4.74. The molecule has 84 valence electrons. The molecule has 4 heteroatoms. The van der Waals surface area contributed by atoms with Crippen molar-refractivity contribution in [3.63, 3.8) is 0 Å². The van der Waals surface area contributed by atoms with Crippen LogP contribution in [-0.2, 0) is 4.74 Å². The maximum atomic E-state index is 11.0. The molecule has 0 rings (SSSR count). The van der Waals surface area contributed by atoms with Crippen LogP contribution in [0, 0.1) is 5.41 Å². The summed E-state index contributed by atoms with van der Waals surface area (Å²) in [4.78, 5) is 11.0. The van der Waals surface area contributed by atoms with E-state index in [0.29, 0.717) is 13.2 Å².